The molecule has 3 aliphatic rings. The van der Waals surface area contributed by atoms with Gasteiger partial charge in [-0.1, -0.05) is 30.6 Å². The van der Waals surface area contributed by atoms with Crippen molar-refractivity contribution in [2.75, 3.05) is 25.6 Å². The van der Waals surface area contributed by atoms with Crippen LogP contribution >= 0.6 is 0 Å². The monoisotopic (exact) mass is 1210 g/mol. The van der Waals surface area contributed by atoms with Gasteiger partial charge in [-0.2, -0.15) is 0 Å². The van der Waals surface area contributed by atoms with Gasteiger partial charge in [0.1, 0.15) is 96.0 Å². The Balaban J connectivity index is 1.03. The minimum absolute atomic E-state index is 0.0376. The van der Waals surface area contributed by atoms with Crippen LogP contribution in [0.3, 0.4) is 0 Å². The number of carbonyl (C=O) groups excluding carboxylic acids is 1. The number of aliphatic hydroxyl groups is 11. The van der Waals surface area contributed by atoms with Crippen molar-refractivity contribution in [1.82, 2.24) is 39.0 Å². The lowest BCUT2D eigenvalue weighted by molar-refractivity contribution is -0.320. The number of H-pyrrole nitrogens is 2. The average molecular weight is 1210 g/mol. The molecular formula is C53H67N9O24. The molecule has 1 amide bonds. The van der Waals surface area contributed by atoms with Gasteiger partial charge in [0.05, 0.1) is 55.3 Å². The van der Waals surface area contributed by atoms with E-state index in [1.54, 1.807) is 17.7 Å². The molecule has 33 heteroatoms. The van der Waals surface area contributed by atoms with Crippen molar-refractivity contribution in [2.45, 2.75) is 156 Å². The third-order valence-electron chi connectivity index (χ3n) is 15.0. The highest BCUT2D eigenvalue weighted by Gasteiger charge is 2.54. The summed E-state index contributed by atoms with van der Waals surface area (Å²) in [6.45, 7) is -0.840. The van der Waals surface area contributed by atoms with Crippen molar-refractivity contribution in [3.8, 4) is 23.7 Å². The number of aliphatic carboxylic acids is 2. The van der Waals surface area contributed by atoms with Crippen LogP contribution in [-0.4, -0.2) is 229 Å². The number of nitrogens with zero attached hydrogens (tertiary/aromatic N) is 5. The molecular weight excluding hydrogens is 1150 g/mol. The molecule has 17 atom stereocenters. The van der Waals surface area contributed by atoms with Crippen molar-refractivity contribution in [3.05, 3.63) is 89.4 Å². The van der Waals surface area contributed by atoms with E-state index in [4.69, 9.17) is 34.9 Å². The molecule has 7 rings (SSSR count). The number of carboxylic acids is 2. The Hall–Kier alpha value is -7.55. The number of rotatable bonds is 22. The Bertz CT molecular complexity index is 3480. The SMILES string of the molecule is C[C@H](Cn1cc(/C=C/C(=O)NC2[C@@H](O)[C@H](O)C(COC3CC(O)(COC4OC(CO)[C@@H](O)[C@H](O)C4O)[C@@H](O)[C@H](O)C3O)O[C@@H]2O)c(=O)[nH]c1=O)C(CCn1cc(C#CCCC(=O)O)c2c(N)ncnc21)Cn1cc(C#CCCC(=O)O)c(=O)[nH]c1=O. The predicted molar refractivity (Wildman–Crippen MR) is 290 cm³/mol. The largest absolute Gasteiger partial charge is 0.481 e. The maximum atomic E-state index is 13.4. The van der Waals surface area contributed by atoms with Gasteiger partial charge >= 0.3 is 23.3 Å². The number of aromatic amines is 2. The molecule has 3 fully saturated rings. The van der Waals surface area contributed by atoms with E-state index in [0.29, 0.717) is 16.6 Å². The van der Waals surface area contributed by atoms with Crippen LogP contribution < -0.4 is 33.5 Å². The minimum Gasteiger partial charge on any atom is -0.481 e. The highest BCUT2D eigenvalue weighted by molar-refractivity contribution is 5.92. The number of aromatic nitrogens is 7. The fraction of sp³-hybridized carbons (Fsp3) is 0.566. The van der Waals surface area contributed by atoms with E-state index >= 15 is 0 Å². The summed E-state index contributed by atoms with van der Waals surface area (Å²) in [6, 6.07) is -1.74. The molecule has 1 saturated carbocycles. The van der Waals surface area contributed by atoms with E-state index in [0.717, 1.165) is 22.9 Å². The number of amides is 1. The quantitative estimate of drug-likeness (QED) is 0.0257. The average Bonchev–Trinajstić information content (AvgIpc) is 2.14. The molecule has 9 unspecified atom stereocenters. The number of hydrogen-bond acceptors (Lipinski definition) is 25. The predicted octanol–water partition coefficient (Wildman–Crippen LogP) is -7.45. The van der Waals surface area contributed by atoms with Gasteiger partial charge in [0, 0.05) is 63.6 Å². The number of carboxylic acid groups (broad SMARTS) is 2. The molecule has 0 aromatic carbocycles. The Morgan fingerprint density at radius 2 is 1.42 bits per heavy atom. The summed E-state index contributed by atoms with van der Waals surface area (Å²) in [6.07, 6.45) is -17.9. The molecule has 4 aromatic rings. The molecule has 0 spiro atoms. The summed E-state index contributed by atoms with van der Waals surface area (Å²) >= 11 is 0. The highest BCUT2D eigenvalue weighted by Crippen LogP contribution is 2.34. The number of carbonyl (C=O) groups is 3. The van der Waals surface area contributed by atoms with E-state index in [1.165, 1.54) is 17.1 Å². The summed E-state index contributed by atoms with van der Waals surface area (Å²) < 4.78 is 25.7. The second-order valence-corrected chi connectivity index (χ2v) is 21.1. The third-order valence-corrected chi connectivity index (χ3v) is 15.0. The first kappa shape index (κ1) is 66.0. The van der Waals surface area contributed by atoms with E-state index in [-0.39, 0.29) is 68.7 Å². The minimum atomic E-state index is -2.46. The van der Waals surface area contributed by atoms with Gasteiger partial charge < -0.3 is 101 Å². The molecule has 2 aliphatic heterocycles. The summed E-state index contributed by atoms with van der Waals surface area (Å²) in [5, 5.41) is 137. The number of ether oxygens (including phenoxy) is 4. The lowest BCUT2D eigenvalue weighted by Crippen LogP contribution is -2.67. The first-order valence-corrected chi connectivity index (χ1v) is 26.9. The summed E-state index contributed by atoms with van der Waals surface area (Å²) in [5.41, 5.74) is 0.715. The van der Waals surface area contributed by atoms with Gasteiger partial charge in [-0.25, -0.2) is 19.6 Å². The smallest absolute Gasteiger partial charge is 0.328 e. The molecule has 468 valence electrons. The van der Waals surface area contributed by atoms with E-state index < -0.39 is 170 Å². The van der Waals surface area contributed by atoms with Gasteiger partial charge in [-0.05, 0) is 24.3 Å². The van der Waals surface area contributed by atoms with Gasteiger partial charge in [0.25, 0.3) is 11.1 Å². The number of hydrogen-bond donors (Lipinski definition) is 17. The topological polar surface area (TPSA) is 530 Å². The van der Waals surface area contributed by atoms with E-state index in [2.05, 4.69) is 48.9 Å². The molecule has 4 aromatic heterocycles. The van der Waals surface area contributed by atoms with Crippen LogP contribution in [-0.2, 0) is 53.0 Å². The Labute approximate surface area is 485 Å². The Kier molecular flexibility index (Phi) is 22.1. The molecule has 86 heavy (non-hydrogen) atoms. The Morgan fingerprint density at radius 1 is 0.791 bits per heavy atom. The zero-order valence-corrected chi connectivity index (χ0v) is 45.8. The maximum absolute atomic E-state index is 13.4. The highest BCUT2D eigenvalue weighted by atomic mass is 16.7. The normalized spacial score (nSPS) is 29.1. The van der Waals surface area contributed by atoms with Crippen LogP contribution in [0.25, 0.3) is 17.1 Å². The van der Waals surface area contributed by atoms with Crippen LogP contribution in [0, 0.1) is 35.5 Å². The van der Waals surface area contributed by atoms with Gasteiger partial charge in [0.15, 0.2) is 12.6 Å². The van der Waals surface area contributed by atoms with Gasteiger partial charge in [-0.15, -0.1) is 0 Å². The fourth-order valence-corrected chi connectivity index (χ4v) is 10.0. The molecule has 2 saturated heterocycles. The summed E-state index contributed by atoms with van der Waals surface area (Å²) in [7, 11) is 0. The molecule has 0 bridgehead atoms. The summed E-state index contributed by atoms with van der Waals surface area (Å²) in [5.74, 6) is 6.67. The lowest BCUT2D eigenvalue weighted by atomic mass is 9.77. The molecule has 6 heterocycles. The zero-order chi connectivity index (χ0) is 62.9. The second-order valence-electron chi connectivity index (χ2n) is 21.1. The summed E-state index contributed by atoms with van der Waals surface area (Å²) in [4.78, 5) is 101. The number of aliphatic hydroxyl groups excluding tert-OH is 10. The van der Waals surface area contributed by atoms with E-state index in [9.17, 15) is 89.7 Å². The maximum Gasteiger partial charge on any atom is 0.328 e. The van der Waals surface area contributed by atoms with Crippen molar-refractivity contribution >= 4 is 40.8 Å². The third kappa shape index (κ3) is 15.7. The fourth-order valence-electron chi connectivity index (χ4n) is 10.0. The number of nitrogens with two attached hydrogens (primary N) is 1. The number of anilines is 1. The second kappa shape index (κ2) is 28.8. The Morgan fingerprint density at radius 3 is 2.08 bits per heavy atom. The standard InChI is InChI=1S/C53H67N9O24/c1-24(25(16-62-18-27(47(77)58-52(62)81)7-3-5-9-34(67)68)12-13-60-17-26(6-2-4-8-33(65)66)35-45(54)55-23-56-46(35)60)15-61-19-28(48(78)59-51(61)80)10-11-32(64)57-36-40(72)39(71)31(85-49(36)79)21-83-29-14-53(82,44(76)42(74)37(29)69)22-84-50-43(75)41(73)38(70)30(20-63)86-50/h10-11,17-19,23-25,29-31,36-44,49-50,63,69-76,79,82H,4-5,8-9,12-16,20-22H2,1H3,(H,57,64)(H,65,66)(H,67,68)(H2,54,55,56)(H,58,77,81)(H,59,78,80)/b11-10+/t24-,25?,29?,30?,31?,36?,37?,38-,39-,40-,41+,42-,43?,44+,49+,50?,53?/m1/s1. The van der Waals surface area contributed by atoms with Crippen molar-refractivity contribution in [2.24, 2.45) is 11.8 Å². The van der Waals surface area contributed by atoms with Crippen LogP contribution in [0.1, 0.15) is 62.1 Å². The number of nitrogen functional groups attached to an aromatic ring is 1. The van der Waals surface area contributed by atoms with Crippen LogP contribution in [0.2, 0.25) is 0 Å². The first-order valence-electron chi connectivity index (χ1n) is 26.9. The van der Waals surface area contributed by atoms with Crippen LogP contribution in [0.4, 0.5) is 5.82 Å². The number of aryl methyl sites for hydroxylation is 1. The lowest BCUT2D eigenvalue weighted by Gasteiger charge is -2.47. The molecule has 18 N–H and O–H groups in total. The van der Waals surface area contributed by atoms with Gasteiger partial charge in [0.2, 0.25) is 5.91 Å². The number of nitrogens with one attached hydrogen (secondary N) is 3. The van der Waals surface area contributed by atoms with E-state index in [1.807, 2.05) is 0 Å². The van der Waals surface area contributed by atoms with Gasteiger partial charge in [-0.3, -0.25) is 43.1 Å². The molecule has 1 aliphatic carbocycles. The van der Waals surface area contributed by atoms with Crippen molar-refractivity contribution in [3.63, 3.8) is 0 Å². The molecule has 0 radical (unpaired) electrons. The van der Waals surface area contributed by atoms with Crippen LogP contribution in [0.5, 0.6) is 0 Å². The molecule has 33 nitrogen and oxygen atoms in total. The van der Waals surface area contributed by atoms with Crippen LogP contribution in [0.15, 0.2) is 50.2 Å². The zero-order valence-electron chi connectivity index (χ0n) is 45.8. The van der Waals surface area contributed by atoms with Crippen molar-refractivity contribution in [1.29, 1.82) is 0 Å². The van der Waals surface area contributed by atoms with Crippen molar-refractivity contribution < 1.29 is 99.7 Å². The number of fused-ring (bicyclic) bond motifs is 1. The first-order chi connectivity index (χ1) is 40.7.